The molecular formula is C17H9F5N4O. The van der Waals surface area contributed by atoms with Gasteiger partial charge in [-0.1, -0.05) is 0 Å². The number of halogens is 5. The molecule has 0 spiro atoms. The summed E-state index contributed by atoms with van der Waals surface area (Å²) in [7, 11) is 0. The van der Waals surface area contributed by atoms with Crippen LogP contribution in [0.5, 0.6) is 0 Å². The average molecular weight is 380 g/mol. The highest BCUT2D eigenvalue weighted by Crippen LogP contribution is 2.21. The zero-order valence-electron chi connectivity index (χ0n) is 13.2. The SMILES string of the molecule is O=C(Nc1ccc(F)c(F)c1F)c1ccnc(Nc2ccc(F)c(F)c2)n1. The van der Waals surface area contributed by atoms with Gasteiger partial charge in [-0.05, 0) is 30.3 Å². The minimum atomic E-state index is -1.73. The van der Waals surface area contributed by atoms with Gasteiger partial charge in [0.2, 0.25) is 5.95 Å². The molecule has 0 bridgehead atoms. The summed E-state index contributed by atoms with van der Waals surface area (Å²) in [5, 5.41) is 4.62. The Hall–Kier alpha value is -3.56. The Bertz CT molecular complexity index is 1030. The average Bonchev–Trinajstić information content (AvgIpc) is 2.65. The van der Waals surface area contributed by atoms with Gasteiger partial charge in [0.05, 0.1) is 5.69 Å². The van der Waals surface area contributed by atoms with Crippen molar-refractivity contribution in [1.29, 1.82) is 0 Å². The lowest BCUT2D eigenvalue weighted by atomic mass is 10.2. The summed E-state index contributed by atoms with van der Waals surface area (Å²) in [4.78, 5) is 19.8. The highest BCUT2D eigenvalue weighted by atomic mass is 19.2. The Kier molecular flexibility index (Phi) is 4.97. The lowest BCUT2D eigenvalue weighted by Crippen LogP contribution is -2.16. The van der Waals surface area contributed by atoms with E-state index in [4.69, 9.17) is 0 Å². The van der Waals surface area contributed by atoms with Crippen LogP contribution in [0.25, 0.3) is 0 Å². The number of hydrogen-bond donors (Lipinski definition) is 2. The molecule has 5 nitrogen and oxygen atoms in total. The molecule has 138 valence electrons. The molecule has 27 heavy (non-hydrogen) atoms. The van der Waals surface area contributed by atoms with Crippen LogP contribution < -0.4 is 10.6 Å². The summed E-state index contributed by atoms with van der Waals surface area (Å²) < 4.78 is 65.9. The van der Waals surface area contributed by atoms with Gasteiger partial charge < -0.3 is 10.6 Å². The molecule has 0 unspecified atom stereocenters. The van der Waals surface area contributed by atoms with Crippen molar-refractivity contribution < 1.29 is 26.7 Å². The number of hydrogen-bond acceptors (Lipinski definition) is 4. The number of anilines is 3. The quantitative estimate of drug-likeness (QED) is 0.527. The third-order valence-electron chi connectivity index (χ3n) is 3.35. The van der Waals surface area contributed by atoms with E-state index in [1.807, 2.05) is 0 Å². The van der Waals surface area contributed by atoms with Gasteiger partial charge in [-0.3, -0.25) is 4.79 Å². The van der Waals surface area contributed by atoms with Crippen molar-refractivity contribution in [3.8, 4) is 0 Å². The van der Waals surface area contributed by atoms with Gasteiger partial charge in [-0.2, -0.15) is 0 Å². The van der Waals surface area contributed by atoms with Crippen LogP contribution >= 0.6 is 0 Å². The maximum absolute atomic E-state index is 13.6. The number of nitrogens with one attached hydrogen (secondary N) is 2. The van der Waals surface area contributed by atoms with Crippen molar-refractivity contribution in [3.63, 3.8) is 0 Å². The van der Waals surface area contributed by atoms with Crippen LogP contribution in [-0.4, -0.2) is 15.9 Å². The molecular weight excluding hydrogens is 371 g/mol. The molecule has 1 amide bonds. The molecule has 10 heteroatoms. The number of nitrogens with zero attached hydrogens (tertiary/aromatic N) is 2. The van der Waals surface area contributed by atoms with Crippen molar-refractivity contribution in [2.75, 3.05) is 10.6 Å². The van der Waals surface area contributed by atoms with Gasteiger partial charge in [0.25, 0.3) is 5.91 Å². The Morgan fingerprint density at radius 3 is 2.33 bits per heavy atom. The summed E-state index contributed by atoms with van der Waals surface area (Å²) in [6.07, 6.45) is 1.19. The minimum Gasteiger partial charge on any atom is -0.324 e. The smallest absolute Gasteiger partial charge is 0.274 e. The number of carbonyl (C=O) groups is 1. The zero-order chi connectivity index (χ0) is 19.6. The van der Waals surface area contributed by atoms with Crippen molar-refractivity contribution in [2.24, 2.45) is 0 Å². The Balaban J connectivity index is 1.79. The van der Waals surface area contributed by atoms with Gasteiger partial charge in [-0.15, -0.1) is 0 Å². The van der Waals surface area contributed by atoms with Gasteiger partial charge >= 0.3 is 0 Å². The van der Waals surface area contributed by atoms with E-state index in [0.29, 0.717) is 6.07 Å². The lowest BCUT2D eigenvalue weighted by Gasteiger charge is -2.09. The molecule has 3 aromatic rings. The van der Waals surface area contributed by atoms with Crippen LogP contribution in [-0.2, 0) is 0 Å². The first kappa shape index (κ1) is 18.2. The number of aromatic nitrogens is 2. The van der Waals surface area contributed by atoms with Gasteiger partial charge in [0, 0.05) is 18.0 Å². The van der Waals surface area contributed by atoms with E-state index in [1.165, 1.54) is 18.3 Å². The monoisotopic (exact) mass is 380 g/mol. The second kappa shape index (κ2) is 7.36. The Morgan fingerprint density at radius 2 is 1.59 bits per heavy atom. The second-order valence-electron chi connectivity index (χ2n) is 5.20. The summed E-state index contributed by atoms with van der Waals surface area (Å²) in [5.41, 5.74) is -0.690. The van der Waals surface area contributed by atoms with E-state index in [0.717, 1.165) is 18.2 Å². The van der Waals surface area contributed by atoms with E-state index < -0.39 is 40.7 Å². The van der Waals surface area contributed by atoms with Crippen LogP contribution in [0.15, 0.2) is 42.6 Å². The molecule has 2 aromatic carbocycles. The predicted molar refractivity (Wildman–Crippen MR) is 85.9 cm³/mol. The minimum absolute atomic E-state index is 0.123. The van der Waals surface area contributed by atoms with Crippen molar-refractivity contribution in [2.45, 2.75) is 0 Å². The van der Waals surface area contributed by atoms with Gasteiger partial charge in [-0.25, -0.2) is 31.9 Å². The fourth-order valence-corrected chi connectivity index (χ4v) is 2.06. The number of benzene rings is 2. The molecule has 0 fully saturated rings. The van der Waals surface area contributed by atoms with E-state index in [2.05, 4.69) is 20.6 Å². The van der Waals surface area contributed by atoms with Crippen molar-refractivity contribution in [1.82, 2.24) is 9.97 Å². The first-order valence-corrected chi connectivity index (χ1v) is 7.35. The molecule has 0 saturated heterocycles. The van der Waals surface area contributed by atoms with Crippen LogP contribution in [0, 0.1) is 29.1 Å². The lowest BCUT2D eigenvalue weighted by molar-refractivity contribution is 0.102. The number of amides is 1. The maximum atomic E-state index is 13.6. The molecule has 0 atom stereocenters. The van der Waals surface area contributed by atoms with Crippen molar-refractivity contribution >= 4 is 23.2 Å². The summed E-state index contributed by atoms with van der Waals surface area (Å²) in [6, 6.07) is 5.67. The van der Waals surface area contributed by atoms with Crippen LogP contribution in [0.2, 0.25) is 0 Å². The Labute approximate surface area is 148 Å². The molecule has 3 rings (SSSR count). The molecule has 1 aromatic heterocycles. The highest BCUT2D eigenvalue weighted by molar-refractivity contribution is 6.03. The first-order chi connectivity index (χ1) is 12.8. The molecule has 1 heterocycles. The molecule has 0 aliphatic heterocycles. The third kappa shape index (κ3) is 4.00. The van der Waals surface area contributed by atoms with E-state index in [1.54, 1.807) is 0 Å². The fourth-order valence-electron chi connectivity index (χ4n) is 2.06. The molecule has 0 radical (unpaired) electrons. The number of rotatable bonds is 4. The van der Waals surface area contributed by atoms with Crippen LogP contribution in [0.3, 0.4) is 0 Å². The zero-order valence-corrected chi connectivity index (χ0v) is 13.2. The fraction of sp³-hybridized carbons (Fsp3) is 0. The Morgan fingerprint density at radius 1 is 0.852 bits per heavy atom. The van der Waals surface area contributed by atoms with Gasteiger partial charge in [0.1, 0.15) is 5.69 Å². The van der Waals surface area contributed by atoms with Crippen LogP contribution in [0.1, 0.15) is 10.5 Å². The van der Waals surface area contributed by atoms with Gasteiger partial charge in [0.15, 0.2) is 29.1 Å². The molecule has 2 N–H and O–H groups in total. The molecule has 0 aliphatic carbocycles. The normalized spacial score (nSPS) is 10.6. The summed E-state index contributed by atoms with van der Waals surface area (Å²) in [5.74, 6) is -7.86. The third-order valence-corrected chi connectivity index (χ3v) is 3.35. The largest absolute Gasteiger partial charge is 0.324 e. The van der Waals surface area contributed by atoms with E-state index in [-0.39, 0.29) is 17.3 Å². The first-order valence-electron chi connectivity index (χ1n) is 7.35. The van der Waals surface area contributed by atoms with E-state index >= 15 is 0 Å². The second-order valence-corrected chi connectivity index (χ2v) is 5.20. The predicted octanol–water partition coefficient (Wildman–Crippen LogP) is 4.17. The summed E-state index contributed by atoms with van der Waals surface area (Å²) >= 11 is 0. The molecule has 0 aliphatic rings. The van der Waals surface area contributed by atoms with Crippen LogP contribution in [0.4, 0.5) is 39.3 Å². The standard InChI is InChI=1S/C17H9F5N4O/c18-9-2-1-8(7-11(9)20)24-17-23-6-5-13(26-17)16(27)25-12-4-3-10(19)14(21)15(12)22/h1-7H,(H,25,27)(H,23,24,26). The number of carbonyl (C=O) groups excluding carboxylic acids is 1. The topological polar surface area (TPSA) is 66.9 Å². The highest BCUT2D eigenvalue weighted by Gasteiger charge is 2.17. The van der Waals surface area contributed by atoms with Crippen molar-refractivity contribution in [3.05, 3.63) is 77.4 Å². The molecule has 0 saturated carbocycles. The summed E-state index contributed by atoms with van der Waals surface area (Å²) in [6.45, 7) is 0. The maximum Gasteiger partial charge on any atom is 0.274 e. The van der Waals surface area contributed by atoms with E-state index in [9.17, 15) is 26.7 Å².